The van der Waals surface area contributed by atoms with E-state index in [1.165, 1.54) is 6.54 Å². The number of benzene rings is 2. The van der Waals surface area contributed by atoms with E-state index in [0.717, 1.165) is 0 Å². The van der Waals surface area contributed by atoms with Crippen molar-refractivity contribution >= 4 is 26.2 Å². The second-order valence-electron chi connectivity index (χ2n) is 4.40. The van der Waals surface area contributed by atoms with Gasteiger partial charge < -0.3 is 0 Å². The zero-order valence-electron chi connectivity index (χ0n) is 11.0. The van der Waals surface area contributed by atoms with Gasteiger partial charge in [-0.2, -0.15) is 0 Å². The van der Waals surface area contributed by atoms with Gasteiger partial charge in [-0.15, -0.1) is 0 Å². The Morgan fingerprint density at radius 1 is 0.667 bits per heavy atom. The van der Waals surface area contributed by atoms with E-state index >= 15 is 0 Å². The summed E-state index contributed by atoms with van der Waals surface area (Å²) in [5.74, 6) is 0. The van der Waals surface area contributed by atoms with Gasteiger partial charge in [-0.3, -0.25) is 0 Å². The molecule has 0 bridgehead atoms. The van der Waals surface area contributed by atoms with Gasteiger partial charge >= 0.3 is 111 Å². The quantitative estimate of drug-likeness (QED) is 0.679. The minimum atomic E-state index is -4.07. The van der Waals surface area contributed by atoms with Crippen molar-refractivity contribution < 1.29 is 5.63 Å². The van der Waals surface area contributed by atoms with E-state index in [9.17, 15) is 0 Å². The fourth-order valence-corrected chi connectivity index (χ4v) is 13.9. The molecule has 0 aliphatic heterocycles. The van der Waals surface area contributed by atoms with Crippen molar-refractivity contribution in [2.75, 3.05) is 14.2 Å². The Morgan fingerprint density at radius 2 is 1.00 bits per heavy atom. The summed E-state index contributed by atoms with van der Waals surface area (Å²) < 4.78 is 16.6. The predicted octanol–water partition coefficient (Wildman–Crippen LogP) is 2.12. The summed E-state index contributed by atoms with van der Waals surface area (Å²) in [5, 5.41) is 0. The molecule has 0 saturated carbocycles. The van der Waals surface area contributed by atoms with Gasteiger partial charge in [0.2, 0.25) is 0 Å². The summed E-state index contributed by atoms with van der Waals surface area (Å²) in [6, 6.07) is 20.6. The third-order valence-corrected chi connectivity index (χ3v) is 22.0. The summed E-state index contributed by atoms with van der Waals surface area (Å²) in [4.78, 5) is 0. The van der Waals surface area contributed by atoms with Crippen LogP contribution < -0.4 is 6.54 Å². The van der Waals surface area contributed by atoms with E-state index in [2.05, 4.69) is 28.9 Å². The van der Waals surface area contributed by atoms with Gasteiger partial charge in [0.15, 0.2) is 0 Å². The van der Waals surface area contributed by atoms with Gasteiger partial charge in [-0.1, -0.05) is 0 Å². The molecule has 0 atom stereocenters. The Morgan fingerprint density at radius 3 is 1.28 bits per heavy atom. The summed E-state index contributed by atoms with van der Waals surface area (Å²) in [6.45, 7) is 0. The van der Waals surface area contributed by atoms with Gasteiger partial charge in [0.05, 0.1) is 0 Å². The van der Waals surface area contributed by atoms with Crippen molar-refractivity contribution in [2.24, 2.45) is 0 Å². The van der Waals surface area contributed by atoms with Crippen LogP contribution in [0.1, 0.15) is 0 Å². The fourth-order valence-electron chi connectivity index (χ4n) is 2.19. The van der Waals surface area contributed by atoms with E-state index in [-0.39, 0.29) is 0 Å². The summed E-state index contributed by atoms with van der Waals surface area (Å²) in [5.41, 5.74) is 0. The van der Waals surface area contributed by atoms with Crippen LogP contribution in [0.15, 0.2) is 60.7 Å². The molecule has 2 aromatic rings. The number of rotatable bonds is 4. The van der Waals surface area contributed by atoms with Gasteiger partial charge in [-0.25, -0.2) is 0 Å². The molecule has 2 nitrogen and oxygen atoms in total. The van der Waals surface area contributed by atoms with Crippen LogP contribution in [-0.2, 0) is 5.63 Å². The van der Waals surface area contributed by atoms with Gasteiger partial charge in [0.25, 0.3) is 0 Å². The van der Waals surface area contributed by atoms with Crippen molar-refractivity contribution in [3.05, 3.63) is 60.7 Å². The zero-order valence-corrected chi connectivity index (χ0v) is 14.5. The van der Waals surface area contributed by atoms with Crippen LogP contribution in [0, 0.1) is 0 Å². The molecule has 96 valence electrons. The van der Waals surface area contributed by atoms with Crippen LogP contribution in [-0.4, -0.2) is 33.9 Å². The van der Waals surface area contributed by atoms with Crippen LogP contribution in [0.5, 0.6) is 0 Å². The second-order valence-corrected chi connectivity index (χ2v) is 21.9. The third kappa shape index (κ3) is 2.01. The Bertz CT molecular complexity index is 463. The molecule has 0 amide bonds. The molecule has 18 heavy (non-hydrogen) atoms. The molecular weight excluding hydrogens is 421 g/mol. The molecule has 2 aromatic carbocycles. The first-order valence-electron chi connectivity index (χ1n) is 5.90. The van der Waals surface area contributed by atoms with Gasteiger partial charge in [0, 0.05) is 0 Å². The van der Waals surface area contributed by atoms with Crippen LogP contribution in [0.3, 0.4) is 0 Å². The van der Waals surface area contributed by atoms with Crippen molar-refractivity contribution in [2.45, 2.75) is 4.63 Å². The fraction of sp³-hybridized carbons (Fsp3) is 0.200. The minimum absolute atomic E-state index is 1.18. The van der Waals surface area contributed by atoms with Crippen LogP contribution in [0.4, 0.5) is 0 Å². The van der Waals surface area contributed by atoms with Crippen LogP contribution in [0.2, 0.25) is 4.63 Å². The summed E-state index contributed by atoms with van der Waals surface area (Å²) in [7, 11) is 3.52. The normalized spacial score (nSPS) is 13.8. The standard InChI is InChI=1S/2C6H5.2CH3O.CH3.Bi/c2*1-2-4-6-5-3-1;2*1-2;;/h2*1-5H;2*1H3;1H3;/q;;2*-1;;+2. The van der Waals surface area contributed by atoms with E-state index in [1.54, 1.807) is 14.2 Å². The molecule has 0 aromatic heterocycles. The predicted molar refractivity (Wildman–Crippen MR) is 77.8 cm³/mol. The van der Waals surface area contributed by atoms with Crippen molar-refractivity contribution in [3.63, 3.8) is 0 Å². The van der Waals surface area contributed by atoms with Crippen molar-refractivity contribution in [3.8, 4) is 0 Å². The molecular formula is C15H19BiO2. The van der Waals surface area contributed by atoms with Gasteiger partial charge in [0.1, 0.15) is 0 Å². The maximum absolute atomic E-state index is 6.04. The van der Waals surface area contributed by atoms with Crippen LogP contribution in [0.25, 0.3) is 0 Å². The molecule has 0 spiro atoms. The monoisotopic (exact) mass is 440 g/mol. The van der Waals surface area contributed by atoms with Crippen LogP contribution >= 0.6 is 0 Å². The Labute approximate surface area is 111 Å². The molecule has 0 fully saturated rings. The first-order valence-corrected chi connectivity index (χ1v) is 15.7. The van der Waals surface area contributed by atoms with E-state index < -0.39 is 19.7 Å². The Hall–Kier alpha value is -0.757. The number of hydrogen-bond donors (Lipinski definition) is 0. The molecule has 0 unspecified atom stereocenters. The van der Waals surface area contributed by atoms with E-state index in [0.29, 0.717) is 0 Å². The second kappa shape index (κ2) is 5.09. The Balaban J connectivity index is 2.71. The summed E-state index contributed by atoms with van der Waals surface area (Å²) >= 11 is -4.07. The topological polar surface area (TPSA) is 18.5 Å². The summed E-state index contributed by atoms with van der Waals surface area (Å²) in [6.07, 6.45) is 0. The molecule has 0 aliphatic carbocycles. The molecule has 0 N–H and O–H groups in total. The van der Waals surface area contributed by atoms with E-state index in [1.807, 2.05) is 36.4 Å². The number of hydrogen-bond acceptors (Lipinski definition) is 2. The molecule has 0 radical (unpaired) electrons. The first-order chi connectivity index (χ1) is 8.64. The maximum atomic E-state index is 6.04. The zero-order chi connectivity index (χ0) is 13.1. The first kappa shape index (κ1) is 13.7. The molecule has 0 heterocycles. The molecule has 0 saturated heterocycles. The average molecular weight is 440 g/mol. The van der Waals surface area contributed by atoms with Crippen molar-refractivity contribution in [1.82, 2.24) is 0 Å². The van der Waals surface area contributed by atoms with E-state index in [4.69, 9.17) is 5.63 Å². The third-order valence-electron chi connectivity index (χ3n) is 3.59. The average Bonchev–Trinajstić information content (AvgIpc) is 2.48. The molecule has 2 rings (SSSR count). The van der Waals surface area contributed by atoms with Crippen molar-refractivity contribution in [1.29, 1.82) is 0 Å². The molecule has 0 aliphatic rings. The molecule has 3 heteroatoms. The Kier molecular flexibility index (Phi) is 3.86. The SMILES string of the molecule is C[O][Bi]([CH3])([O]C)([c]1ccccc1)[c]1ccccc1. The van der Waals surface area contributed by atoms with Gasteiger partial charge in [-0.05, 0) is 0 Å².